The lowest BCUT2D eigenvalue weighted by molar-refractivity contribution is -0.0886. The summed E-state index contributed by atoms with van der Waals surface area (Å²) in [7, 11) is 0. The summed E-state index contributed by atoms with van der Waals surface area (Å²) < 4.78 is 44.3. The van der Waals surface area contributed by atoms with E-state index in [9.17, 15) is 18.0 Å². The van der Waals surface area contributed by atoms with Crippen LogP contribution in [0.15, 0.2) is 0 Å². The lowest BCUT2D eigenvalue weighted by atomic mass is 10.1. The number of alkyl halides is 3. The van der Waals surface area contributed by atoms with Gasteiger partial charge in [0.15, 0.2) is 0 Å². The highest BCUT2D eigenvalue weighted by atomic mass is 19.4. The molecule has 1 fully saturated rings. The number of carbonyl (C=O) groups is 1. The Kier molecular flexibility index (Phi) is 3.66. The van der Waals surface area contributed by atoms with Gasteiger partial charge in [0.05, 0.1) is 23.9 Å². The number of rotatable bonds is 3. The molecular weight excluding hydrogens is 261 g/mol. The fourth-order valence-electron chi connectivity index (χ4n) is 2.33. The van der Waals surface area contributed by atoms with Crippen molar-refractivity contribution in [2.75, 3.05) is 6.61 Å². The number of hydrogen-bond acceptors (Lipinski definition) is 3. The molecule has 2 rings (SSSR count). The highest BCUT2D eigenvalue weighted by Crippen LogP contribution is 2.26. The number of halogens is 3. The van der Waals surface area contributed by atoms with E-state index in [-0.39, 0.29) is 23.1 Å². The Morgan fingerprint density at radius 1 is 1.47 bits per heavy atom. The quantitative estimate of drug-likeness (QED) is 0.796. The normalized spacial score (nSPS) is 19.9. The number of ether oxygens (including phenoxy) is 1. The number of aromatic nitrogens is 2. The molecule has 0 aliphatic carbocycles. The zero-order chi connectivity index (χ0) is 14.2. The Balaban J connectivity index is 2.26. The van der Waals surface area contributed by atoms with Crippen LogP contribution in [0.4, 0.5) is 13.2 Å². The largest absolute Gasteiger partial charge is 0.455 e. The van der Waals surface area contributed by atoms with Crippen LogP contribution in [0, 0.1) is 13.8 Å². The Morgan fingerprint density at radius 3 is 2.68 bits per heavy atom. The lowest BCUT2D eigenvalue weighted by Gasteiger charge is -2.11. The maximum absolute atomic E-state index is 12.5. The minimum absolute atomic E-state index is 0.0353. The van der Waals surface area contributed by atoms with E-state index in [0.717, 1.165) is 12.8 Å². The second-order valence-corrected chi connectivity index (χ2v) is 4.69. The number of aryl methyl sites for hydroxylation is 1. The summed E-state index contributed by atoms with van der Waals surface area (Å²) in [5.74, 6) is -1.83. The van der Waals surface area contributed by atoms with E-state index < -0.39 is 12.0 Å². The summed E-state index contributed by atoms with van der Waals surface area (Å²) >= 11 is 0. The van der Waals surface area contributed by atoms with Crippen LogP contribution >= 0.6 is 0 Å². The zero-order valence-corrected chi connectivity index (χ0v) is 10.8. The van der Waals surface area contributed by atoms with Crippen molar-refractivity contribution >= 4 is 5.78 Å². The van der Waals surface area contributed by atoms with Crippen molar-refractivity contribution in [3.63, 3.8) is 0 Å². The molecule has 7 heteroatoms. The van der Waals surface area contributed by atoms with Gasteiger partial charge in [0.2, 0.25) is 0 Å². The fourth-order valence-corrected chi connectivity index (χ4v) is 2.33. The molecule has 19 heavy (non-hydrogen) atoms. The minimum Gasteiger partial charge on any atom is -0.376 e. The summed E-state index contributed by atoms with van der Waals surface area (Å²) in [6.45, 7) is 3.95. The second-order valence-electron chi connectivity index (χ2n) is 4.69. The first-order valence-corrected chi connectivity index (χ1v) is 6.08. The summed E-state index contributed by atoms with van der Waals surface area (Å²) in [5.41, 5.74) is 0.0126. The van der Waals surface area contributed by atoms with Gasteiger partial charge < -0.3 is 4.74 Å². The highest BCUT2D eigenvalue weighted by Gasteiger charge is 2.42. The monoisotopic (exact) mass is 276 g/mol. The van der Waals surface area contributed by atoms with Crippen molar-refractivity contribution in [1.82, 2.24) is 9.78 Å². The third-order valence-electron chi connectivity index (χ3n) is 3.27. The molecule has 1 aromatic rings. The van der Waals surface area contributed by atoms with Crippen LogP contribution in [0.5, 0.6) is 0 Å². The van der Waals surface area contributed by atoms with Crippen molar-refractivity contribution < 1.29 is 22.7 Å². The molecule has 1 aliphatic heterocycles. The first-order chi connectivity index (χ1) is 8.80. The topological polar surface area (TPSA) is 44.1 Å². The molecule has 1 aromatic heterocycles. The molecule has 0 spiro atoms. The molecule has 1 saturated heterocycles. The number of ketones is 1. The summed E-state index contributed by atoms with van der Waals surface area (Å²) in [6, 6.07) is 0. The van der Waals surface area contributed by atoms with E-state index in [2.05, 4.69) is 5.10 Å². The van der Waals surface area contributed by atoms with E-state index >= 15 is 0 Å². The second kappa shape index (κ2) is 4.96. The average molecular weight is 276 g/mol. The molecule has 0 N–H and O–H groups in total. The predicted octanol–water partition coefficient (Wildman–Crippen LogP) is 2.42. The van der Waals surface area contributed by atoms with Crippen molar-refractivity contribution in [1.29, 1.82) is 0 Å². The third kappa shape index (κ3) is 2.80. The van der Waals surface area contributed by atoms with Crippen LogP contribution in [-0.4, -0.2) is 34.5 Å². The number of hydrogen-bond donors (Lipinski definition) is 0. The van der Waals surface area contributed by atoms with Gasteiger partial charge in [-0.25, -0.2) is 0 Å². The lowest BCUT2D eigenvalue weighted by Crippen LogP contribution is -2.24. The molecule has 0 radical (unpaired) electrons. The van der Waals surface area contributed by atoms with E-state index in [1.54, 1.807) is 0 Å². The summed E-state index contributed by atoms with van der Waals surface area (Å²) in [4.78, 5) is 11.3. The standard InChI is InChI=1S/C12H15F3N2O2/c1-7-10(11(18)12(13,14)15)8(2)17(16-7)6-9-4-3-5-19-9/h9H,3-6H2,1-2H3. The Bertz CT molecular complexity index is 488. The SMILES string of the molecule is Cc1nn(CC2CCCO2)c(C)c1C(=O)C(F)(F)F. The van der Waals surface area contributed by atoms with Crippen LogP contribution in [0.2, 0.25) is 0 Å². The molecule has 2 heterocycles. The fraction of sp³-hybridized carbons (Fsp3) is 0.667. The van der Waals surface area contributed by atoms with Crippen LogP contribution in [-0.2, 0) is 11.3 Å². The molecule has 0 saturated carbocycles. The molecule has 1 unspecified atom stereocenters. The van der Waals surface area contributed by atoms with Gasteiger partial charge in [-0.2, -0.15) is 18.3 Å². The molecular formula is C12H15F3N2O2. The van der Waals surface area contributed by atoms with Crippen molar-refractivity contribution in [2.24, 2.45) is 0 Å². The third-order valence-corrected chi connectivity index (χ3v) is 3.27. The zero-order valence-electron chi connectivity index (χ0n) is 10.8. The van der Waals surface area contributed by atoms with Gasteiger partial charge in [-0.05, 0) is 26.7 Å². The van der Waals surface area contributed by atoms with E-state index in [0.29, 0.717) is 13.2 Å². The number of Topliss-reactive ketones (excluding diaryl/α,β-unsaturated/α-hetero) is 1. The molecule has 0 bridgehead atoms. The van der Waals surface area contributed by atoms with E-state index in [1.165, 1.54) is 18.5 Å². The van der Waals surface area contributed by atoms with Crippen molar-refractivity contribution in [3.8, 4) is 0 Å². The van der Waals surface area contributed by atoms with Gasteiger partial charge in [0.1, 0.15) is 0 Å². The van der Waals surface area contributed by atoms with E-state index in [1.807, 2.05) is 0 Å². The van der Waals surface area contributed by atoms with Crippen LogP contribution in [0.3, 0.4) is 0 Å². The van der Waals surface area contributed by atoms with Crippen LogP contribution < -0.4 is 0 Å². The average Bonchev–Trinajstić information content (AvgIpc) is 2.87. The van der Waals surface area contributed by atoms with Gasteiger partial charge in [-0.15, -0.1) is 0 Å². The molecule has 0 amide bonds. The maximum atomic E-state index is 12.5. The van der Waals surface area contributed by atoms with Crippen LogP contribution in [0.1, 0.15) is 34.6 Å². The Labute approximate surface area is 108 Å². The van der Waals surface area contributed by atoms with Gasteiger partial charge in [0.25, 0.3) is 5.78 Å². The first kappa shape index (κ1) is 14.0. The van der Waals surface area contributed by atoms with E-state index in [4.69, 9.17) is 4.74 Å². The molecule has 0 aromatic carbocycles. The smallest absolute Gasteiger partial charge is 0.376 e. The predicted molar refractivity (Wildman–Crippen MR) is 61.1 cm³/mol. The number of carbonyl (C=O) groups excluding carboxylic acids is 1. The number of nitrogens with zero attached hydrogens (tertiary/aromatic N) is 2. The van der Waals surface area contributed by atoms with Gasteiger partial charge >= 0.3 is 6.18 Å². The molecule has 4 nitrogen and oxygen atoms in total. The van der Waals surface area contributed by atoms with Gasteiger partial charge in [-0.1, -0.05) is 0 Å². The van der Waals surface area contributed by atoms with Crippen molar-refractivity contribution in [2.45, 2.75) is 45.5 Å². The summed E-state index contributed by atoms with van der Waals surface area (Å²) in [5, 5.41) is 4.02. The van der Waals surface area contributed by atoms with Gasteiger partial charge in [0, 0.05) is 12.3 Å². The minimum atomic E-state index is -4.87. The first-order valence-electron chi connectivity index (χ1n) is 6.08. The van der Waals surface area contributed by atoms with Crippen LogP contribution in [0.25, 0.3) is 0 Å². The Morgan fingerprint density at radius 2 is 2.16 bits per heavy atom. The molecule has 106 valence electrons. The summed E-state index contributed by atoms with van der Waals surface area (Å²) in [6.07, 6.45) is -3.10. The Hall–Kier alpha value is -1.37. The molecule has 1 atom stereocenters. The van der Waals surface area contributed by atoms with Gasteiger partial charge in [-0.3, -0.25) is 9.48 Å². The molecule has 1 aliphatic rings. The maximum Gasteiger partial charge on any atom is 0.455 e. The highest BCUT2D eigenvalue weighted by molar-refractivity contribution is 6.02. The van der Waals surface area contributed by atoms with Crippen molar-refractivity contribution in [3.05, 3.63) is 17.0 Å².